The van der Waals surface area contributed by atoms with Gasteiger partial charge in [0.25, 0.3) is 5.91 Å². The highest BCUT2D eigenvalue weighted by Gasteiger charge is 2.12. The number of carbonyl (C=O) groups excluding carboxylic acids is 1. The van der Waals surface area contributed by atoms with Gasteiger partial charge in [-0.1, -0.05) is 0 Å². The van der Waals surface area contributed by atoms with E-state index >= 15 is 0 Å². The number of hydrogen-bond donors (Lipinski definition) is 1. The fourth-order valence-corrected chi connectivity index (χ4v) is 1.69. The predicted molar refractivity (Wildman–Crippen MR) is 72.9 cm³/mol. The zero-order valence-electron chi connectivity index (χ0n) is 11.1. The van der Waals surface area contributed by atoms with E-state index in [4.69, 9.17) is 9.47 Å². The molecule has 1 aromatic heterocycles. The molecular formula is C14H14N2O4. The number of ether oxygens (including phenoxy) is 2. The summed E-state index contributed by atoms with van der Waals surface area (Å²) >= 11 is 0. The predicted octanol–water partition coefficient (Wildman–Crippen LogP) is 1.59. The fourth-order valence-electron chi connectivity index (χ4n) is 1.69. The van der Waals surface area contributed by atoms with Gasteiger partial charge >= 0.3 is 0 Å². The molecule has 1 aromatic carbocycles. The molecule has 1 amide bonds. The molecular weight excluding hydrogens is 260 g/mol. The zero-order valence-corrected chi connectivity index (χ0v) is 11.1. The van der Waals surface area contributed by atoms with Crippen molar-refractivity contribution >= 4 is 11.6 Å². The van der Waals surface area contributed by atoms with Crippen molar-refractivity contribution in [2.24, 2.45) is 0 Å². The summed E-state index contributed by atoms with van der Waals surface area (Å²) in [4.78, 5) is 12.0. The first-order valence-electron chi connectivity index (χ1n) is 5.86. The number of methoxy groups -OCH3 is 2. The Morgan fingerprint density at radius 2 is 2.05 bits per heavy atom. The zero-order chi connectivity index (χ0) is 14.5. The van der Waals surface area contributed by atoms with Gasteiger partial charge in [0.05, 0.1) is 19.9 Å². The molecule has 0 fully saturated rings. The van der Waals surface area contributed by atoms with Crippen molar-refractivity contribution in [1.29, 1.82) is 0 Å². The highest BCUT2D eigenvalue weighted by Crippen LogP contribution is 2.29. The molecule has 0 atom stereocenters. The number of aromatic nitrogens is 1. The van der Waals surface area contributed by atoms with Gasteiger partial charge in [-0.05, 0) is 18.2 Å². The number of rotatable bonds is 4. The summed E-state index contributed by atoms with van der Waals surface area (Å²) in [5, 5.41) is 13.8. The summed E-state index contributed by atoms with van der Waals surface area (Å²) in [7, 11) is 3.04. The normalized spacial score (nSPS) is 9.90. The number of nitrogens with one attached hydrogen (secondary N) is 1. The molecule has 1 N–H and O–H groups in total. The molecule has 2 aromatic rings. The van der Waals surface area contributed by atoms with Crippen molar-refractivity contribution in [3.8, 4) is 11.5 Å². The molecule has 1 heterocycles. The highest BCUT2D eigenvalue weighted by atomic mass is 16.5. The number of anilines is 1. The third kappa shape index (κ3) is 2.97. The second-order valence-electron chi connectivity index (χ2n) is 3.97. The van der Waals surface area contributed by atoms with E-state index in [0.29, 0.717) is 21.9 Å². The summed E-state index contributed by atoms with van der Waals surface area (Å²) in [5.41, 5.74) is 0.764. The molecule has 0 spiro atoms. The Morgan fingerprint density at radius 3 is 2.70 bits per heavy atom. The van der Waals surface area contributed by atoms with Crippen LogP contribution < -0.4 is 19.5 Å². The topological polar surface area (TPSA) is 74.5 Å². The Hall–Kier alpha value is -2.76. The number of amides is 1. The molecule has 0 saturated heterocycles. The van der Waals surface area contributed by atoms with Crippen molar-refractivity contribution in [1.82, 2.24) is 0 Å². The van der Waals surface area contributed by atoms with Crippen LogP contribution in [0.4, 0.5) is 5.69 Å². The Kier molecular flexibility index (Phi) is 4.05. The van der Waals surface area contributed by atoms with E-state index < -0.39 is 5.91 Å². The van der Waals surface area contributed by atoms with Crippen LogP contribution in [0.5, 0.6) is 11.5 Å². The molecule has 104 valence electrons. The fraction of sp³-hybridized carbons (Fsp3) is 0.143. The van der Waals surface area contributed by atoms with E-state index in [1.54, 1.807) is 31.4 Å². The molecule has 0 radical (unpaired) electrons. The second-order valence-corrected chi connectivity index (χ2v) is 3.97. The van der Waals surface area contributed by atoms with Crippen LogP contribution in [0.15, 0.2) is 42.7 Å². The number of benzene rings is 1. The van der Waals surface area contributed by atoms with Crippen molar-refractivity contribution in [3.63, 3.8) is 0 Å². The van der Waals surface area contributed by atoms with Crippen molar-refractivity contribution in [2.75, 3.05) is 19.5 Å². The summed E-state index contributed by atoms with van der Waals surface area (Å²) < 4.78 is 10.8. The van der Waals surface area contributed by atoms with Crippen LogP contribution in [-0.2, 0) is 0 Å². The van der Waals surface area contributed by atoms with Crippen molar-refractivity contribution < 1.29 is 19.0 Å². The van der Waals surface area contributed by atoms with Gasteiger partial charge < -0.3 is 20.0 Å². The van der Waals surface area contributed by atoms with Crippen LogP contribution in [0.3, 0.4) is 0 Å². The van der Waals surface area contributed by atoms with Crippen LogP contribution in [0.1, 0.15) is 10.4 Å². The van der Waals surface area contributed by atoms with Gasteiger partial charge in [-0.15, -0.1) is 0 Å². The Morgan fingerprint density at radius 1 is 1.25 bits per heavy atom. The quantitative estimate of drug-likeness (QED) is 0.678. The summed E-state index contributed by atoms with van der Waals surface area (Å²) in [6.45, 7) is 0. The lowest BCUT2D eigenvalue weighted by Crippen LogP contribution is -2.27. The first kappa shape index (κ1) is 13.7. The first-order valence-corrected chi connectivity index (χ1v) is 5.86. The molecule has 0 saturated carbocycles. The number of carbonyl (C=O) groups is 1. The monoisotopic (exact) mass is 274 g/mol. The molecule has 0 aliphatic carbocycles. The Labute approximate surface area is 116 Å². The van der Waals surface area contributed by atoms with Gasteiger partial charge in [0.1, 0.15) is 17.1 Å². The van der Waals surface area contributed by atoms with Gasteiger partial charge in [0.2, 0.25) is 0 Å². The lowest BCUT2D eigenvalue weighted by atomic mass is 10.2. The molecule has 0 unspecified atom stereocenters. The Bertz CT molecular complexity index is 628. The van der Waals surface area contributed by atoms with Gasteiger partial charge in [0.15, 0.2) is 12.4 Å². The van der Waals surface area contributed by atoms with E-state index in [1.807, 2.05) is 0 Å². The molecule has 6 nitrogen and oxygen atoms in total. The Balaban J connectivity index is 2.23. The standard InChI is InChI=1S/C14H14N2O4/c1-19-11-5-6-12(13(8-11)20-2)15-14(17)10-4-3-7-16(18)9-10/h3-9H,1-2H3,(H,15,17). The van der Waals surface area contributed by atoms with E-state index in [9.17, 15) is 10.0 Å². The first-order chi connectivity index (χ1) is 9.63. The van der Waals surface area contributed by atoms with Gasteiger partial charge in [-0.25, -0.2) is 0 Å². The lowest BCUT2D eigenvalue weighted by molar-refractivity contribution is -0.605. The van der Waals surface area contributed by atoms with Crippen LogP contribution >= 0.6 is 0 Å². The van der Waals surface area contributed by atoms with Crippen molar-refractivity contribution in [2.45, 2.75) is 0 Å². The molecule has 0 aliphatic rings. The number of hydrogen-bond acceptors (Lipinski definition) is 4. The summed E-state index contributed by atoms with van der Waals surface area (Å²) in [6.07, 6.45) is 2.51. The summed E-state index contributed by atoms with van der Waals surface area (Å²) in [6, 6.07) is 8.10. The van der Waals surface area contributed by atoms with Gasteiger partial charge in [-0.3, -0.25) is 4.79 Å². The van der Waals surface area contributed by atoms with E-state index in [-0.39, 0.29) is 5.56 Å². The molecule has 20 heavy (non-hydrogen) atoms. The average Bonchev–Trinajstić information content (AvgIpc) is 2.47. The minimum absolute atomic E-state index is 0.264. The number of nitrogens with zero attached hydrogens (tertiary/aromatic N) is 1. The largest absolute Gasteiger partial charge is 0.619 e. The lowest BCUT2D eigenvalue weighted by Gasteiger charge is -2.11. The molecule has 6 heteroatoms. The van der Waals surface area contributed by atoms with Crippen LogP contribution in [0.25, 0.3) is 0 Å². The summed E-state index contributed by atoms with van der Waals surface area (Å²) in [5.74, 6) is 0.708. The maximum atomic E-state index is 12.0. The minimum atomic E-state index is -0.390. The van der Waals surface area contributed by atoms with E-state index in [2.05, 4.69) is 5.32 Å². The minimum Gasteiger partial charge on any atom is -0.619 e. The maximum absolute atomic E-state index is 12.0. The molecule has 2 rings (SSSR count). The average molecular weight is 274 g/mol. The van der Waals surface area contributed by atoms with Crippen LogP contribution in [-0.4, -0.2) is 20.1 Å². The second kappa shape index (κ2) is 5.92. The van der Waals surface area contributed by atoms with E-state index in [1.165, 1.54) is 25.6 Å². The molecule has 0 aliphatic heterocycles. The molecule has 0 bridgehead atoms. The van der Waals surface area contributed by atoms with Crippen LogP contribution in [0, 0.1) is 5.21 Å². The number of pyridine rings is 1. The van der Waals surface area contributed by atoms with Gasteiger partial charge in [-0.2, -0.15) is 4.73 Å². The van der Waals surface area contributed by atoms with Gasteiger partial charge in [0, 0.05) is 12.1 Å². The third-order valence-electron chi connectivity index (χ3n) is 2.69. The van der Waals surface area contributed by atoms with E-state index in [0.717, 1.165) is 0 Å². The maximum Gasteiger partial charge on any atom is 0.261 e. The SMILES string of the molecule is COc1ccc(NC(=O)c2ccc[n+]([O-])c2)c(OC)c1. The van der Waals surface area contributed by atoms with Crippen LogP contribution in [0.2, 0.25) is 0 Å². The third-order valence-corrected chi connectivity index (χ3v) is 2.69. The smallest absolute Gasteiger partial charge is 0.261 e. The van der Waals surface area contributed by atoms with Crippen molar-refractivity contribution in [3.05, 3.63) is 53.5 Å². The highest BCUT2D eigenvalue weighted by molar-refractivity contribution is 6.04.